The number of aromatic nitrogens is 2. The number of hydrogen-bond donors (Lipinski definition) is 2. The molecule has 0 saturated heterocycles. The highest BCUT2D eigenvalue weighted by Crippen LogP contribution is 2.17. The van der Waals surface area contributed by atoms with Crippen LogP contribution >= 0.6 is 0 Å². The molecule has 0 bridgehead atoms. The normalized spacial score (nSPS) is 16.0. The molecular weight excluding hydrogens is 268 g/mol. The monoisotopic (exact) mass is 294 g/mol. The van der Waals surface area contributed by atoms with Crippen LogP contribution in [-0.4, -0.2) is 41.8 Å². The molecule has 1 aromatic heterocycles. The first-order valence-electron chi connectivity index (χ1n) is 7.77. The molecule has 1 fully saturated rings. The molecule has 2 N–H and O–H groups in total. The first-order chi connectivity index (χ1) is 10.3. The van der Waals surface area contributed by atoms with Crippen LogP contribution in [-0.2, 0) is 22.6 Å². The molecule has 1 heterocycles. The Morgan fingerprint density at radius 2 is 2.24 bits per heavy atom. The smallest absolute Gasteiger partial charge is 0.240 e. The Bertz CT molecular complexity index is 427. The summed E-state index contributed by atoms with van der Waals surface area (Å²) in [5, 5.41) is 6.35. The van der Waals surface area contributed by atoms with Gasteiger partial charge in [-0.25, -0.2) is 4.98 Å². The number of carbonyl (C=O) groups is 1. The fourth-order valence-corrected chi connectivity index (χ4v) is 2.66. The van der Waals surface area contributed by atoms with Crippen molar-refractivity contribution in [2.24, 2.45) is 0 Å². The van der Waals surface area contributed by atoms with Crippen molar-refractivity contribution in [2.45, 2.75) is 51.2 Å². The van der Waals surface area contributed by atoms with E-state index in [4.69, 9.17) is 4.74 Å². The summed E-state index contributed by atoms with van der Waals surface area (Å²) in [5.41, 5.74) is 0.941. The van der Waals surface area contributed by atoms with Gasteiger partial charge in [-0.2, -0.15) is 0 Å². The quantitative estimate of drug-likeness (QED) is 0.704. The number of imidazole rings is 1. The number of carbonyl (C=O) groups excluding carboxylic acids is 1. The summed E-state index contributed by atoms with van der Waals surface area (Å²) in [6.07, 6.45) is 9.62. The van der Waals surface area contributed by atoms with Crippen molar-refractivity contribution in [1.82, 2.24) is 20.2 Å². The van der Waals surface area contributed by atoms with Crippen molar-refractivity contribution in [2.75, 3.05) is 20.3 Å². The van der Waals surface area contributed by atoms with E-state index in [0.717, 1.165) is 25.1 Å². The van der Waals surface area contributed by atoms with E-state index < -0.39 is 0 Å². The van der Waals surface area contributed by atoms with Crippen molar-refractivity contribution in [1.29, 1.82) is 0 Å². The lowest BCUT2D eigenvalue weighted by atomic mass is 9.95. The van der Waals surface area contributed by atoms with Crippen LogP contribution < -0.4 is 10.6 Å². The average molecular weight is 294 g/mol. The number of nitrogens with one attached hydrogen (secondary N) is 2. The van der Waals surface area contributed by atoms with Gasteiger partial charge in [-0.05, 0) is 12.8 Å². The molecule has 1 aliphatic rings. The Balaban J connectivity index is 1.69. The molecule has 118 valence electrons. The van der Waals surface area contributed by atoms with E-state index in [1.807, 2.05) is 10.8 Å². The zero-order valence-electron chi connectivity index (χ0n) is 12.8. The molecule has 1 aliphatic carbocycles. The Labute approximate surface area is 126 Å². The van der Waals surface area contributed by atoms with Gasteiger partial charge in [0.25, 0.3) is 0 Å². The second-order valence-corrected chi connectivity index (χ2v) is 5.61. The van der Waals surface area contributed by atoms with Crippen LogP contribution in [0.5, 0.6) is 0 Å². The van der Waals surface area contributed by atoms with Gasteiger partial charge in [-0.3, -0.25) is 4.79 Å². The van der Waals surface area contributed by atoms with E-state index in [-0.39, 0.29) is 5.91 Å². The predicted molar refractivity (Wildman–Crippen MR) is 80.8 cm³/mol. The summed E-state index contributed by atoms with van der Waals surface area (Å²) in [6.45, 7) is 2.53. The lowest BCUT2D eigenvalue weighted by molar-refractivity contribution is -0.122. The number of hydrogen-bond acceptors (Lipinski definition) is 4. The minimum atomic E-state index is 0.0817. The number of methoxy groups -OCH3 is 1. The maximum Gasteiger partial charge on any atom is 0.240 e. The summed E-state index contributed by atoms with van der Waals surface area (Å²) < 4.78 is 6.81. The summed E-state index contributed by atoms with van der Waals surface area (Å²) in [7, 11) is 1.68. The number of rotatable bonds is 8. The van der Waals surface area contributed by atoms with Crippen LogP contribution in [0.4, 0.5) is 0 Å². The van der Waals surface area contributed by atoms with E-state index in [1.54, 1.807) is 13.4 Å². The predicted octanol–water partition coefficient (Wildman–Crippen LogP) is 1.07. The molecule has 0 aliphatic heterocycles. The standard InChI is InChI=1S/C15H26N4O2/c1-21-8-7-16-9-14-10-19(12-17-14)11-15(20)18-13-5-3-2-4-6-13/h10,12-13,16H,2-9,11H2,1H3,(H,18,20). The maximum atomic E-state index is 12.0. The Hall–Kier alpha value is -1.40. The van der Waals surface area contributed by atoms with Crippen LogP contribution in [0.3, 0.4) is 0 Å². The molecule has 1 saturated carbocycles. The van der Waals surface area contributed by atoms with Crippen molar-refractivity contribution >= 4 is 5.91 Å². The molecule has 6 nitrogen and oxygen atoms in total. The highest BCUT2D eigenvalue weighted by atomic mass is 16.5. The second kappa shape index (κ2) is 8.79. The zero-order chi connectivity index (χ0) is 14.9. The third-order valence-electron chi connectivity index (χ3n) is 3.77. The van der Waals surface area contributed by atoms with Crippen LogP contribution in [0.1, 0.15) is 37.8 Å². The second-order valence-electron chi connectivity index (χ2n) is 5.61. The van der Waals surface area contributed by atoms with Crippen LogP contribution in [0, 0.1) is 0 Å². The zero-order valence-corrected chi connectivity index (χ0v) is 12.8. The van der Waals surface area contributed by atoms with Crippen molar-refractivity contribution in [3.63, 3.8) is 0 Å². The van der Waals surface area contributed by atoms with Crippen LogP contribution in [0.15, 0.2) is 12.5 Å². The van der Waals surface area contributed by atoms with E-state index >= 15 is 0 Å². The molecule has 1 aromatic rings. The highest BCUT2D eigenvalue weighted by molar-refractivity contribution is 5.76. The fraction of sp³-hybridized carbons (Fsp3) is 0.733. The maximum absolute atomic E-state index is 12.0. The molecule has 0 atom stereocenters. The highest BCUT2D eigenvalue weighted by Gasteiger charge is 2.15. The SMILES string of the molecule is COCCNCc1cn(CC(=O)NC2CCCCC2)cn1. The number of ether oxygens (including phenoxy) is 1. The molecule has 0 aromatic carbocycles. The van der Waals surface area contributed by atoms with E-state index in [2.05, 4.69) is 15.6 Å². The third-order valence-corrected chi connectivity index (χ3v) is 3.77. The minimum absolute atomic E-state index is 0.0817. The van der Waals surface area contributed by atoms with Crippen molar-refractivity contribution < 1.29 is 9.53 Å². The topological polar surface area (TPSA) is 68.2 Å². The molecule has 6 heteroatoms. The molecule has 0 unspecified atom stereocenters. The number of amides is 1. The van der Waals surface area contributed by atoms with Crippen LogP contribution in [0.2, 0.25) is 0 Å². The fourth-order valence-electron chi connectivity index (χ4n) is 2.66. The van der Waals surface area contributed by atoms with Gasteiger partial charge in [0.15, 0.2) is 0 Å². The molecule has 1 amide bonds. The minimum Gasteiger partial charge on any atom is -0.383 e. The average Bonchev–Trinajstić information content (AvgIpc) is 2.92. The van der Waals surface area contributed by atoms with Crippen LogP contribution in [0.25, 0.3) is 0 Å². The summed E-state index contributed by atoms with van der Waals surface area (Å²) >= 11 is 0. The van der Waals surface area contributed by atoms with Gasteiger partial charge in [0, 0.05) is 32.4 Å². The first-order valence-corrected chi connectivity index (χ1v) is 7.77. The largest absolute Gasteiger partial charge is 0.383 e. The number of nitrogens with zero attached hydrogens (tertiary/aromatic N) is 2. The van der Waals surface area contributed by atoms with Crippen molar-refractivity contribution in [3.05, 3.63) is 18.2 Å². The van der Waals surface area contributed by atoms with Gasteiger partial charge in [0.1, 0.15) is 6.54 Å². The van der Waals surface area contributed by atoms with E-state index in [1.165, 1.54) is 19.3 Å². The lowest BCUT2D eigenvalue weighted by Crippen LogP contribution is -2.38. The Morgan fingerprint density at radius 3 is 3.00 bits per heavy atom. The van der Waals surface area contributed by atoms with Crippen molar-refractivity contribution in [3.8, 4) is 0 Å². The summed E-state index contributed by atoms with van der Waals surface area (Å²) in [4.78, 5) is 16.3. The van der Waals surface area contributed by atoms with Gasteiger partial charge in [0.2, 0.25) is 5.91 Å². The van der Waals surface area contributed by atoms with E-state index in [9.17, 15) is 4.79 Å². The summed E-state index contributed by atoms with van der Waals surface area (Å²) in [5.74, 6) is 0.0817. The van der Waals surface area contributed by atoms with E-state index in [0.29, 0.717) is 25.7 Å². The summed E-state index contributed by atoms with van der Waals surface area (Å²) in [6, 6.07) is 0.366. The molecule has 2 rings (SSSR count). The van der Waals surface area contributed by atoms with Gasteiger partial charge < -0.3 is 19.9 Å². The van der Waals surface area contributed by atoms with Gasteiger partial charge in [-0.1, -0.05) is 19.3 Å². The van der Waals surface area contributed by atoms with Gasteiger partial charge >= 0.3 is 0 Å². The van der Waals surface area contributed by atoms with Gasteiger partial charge in [0.05, 0.1) is 18.6 Å². The Kier molecular flexibility index (Phi) is 6.69. The molecule has 0 spiro atoms. The molecule has 21 heavy (non-hydrogen) atoms. The molecular formula is C15H26N4O2. The first kappa shape index (κ1) is 16.0. The van der Waals surface area contributed by atoms with Gasteiger partial charge in [-0.15, -0.1) is 0 Å². The lowest BCUT2D eigenvalue weighted by Gasteiger charge is -2.22. The third kappa shape index (κ3) is 5.85. The molecule has 0 radical (unpaired) electrons. The Morgan fingerprint density at radius 1 is 1.43 bits per heavy atom.